The summed E-state index contributed by atoms with van der Waals surface area (Å²) < 4.78 is 50.0. The molecule has 0 bridgehead atoms. The highest BCUT2D eigenvalue weighted by Crippen LogP contribution is 2.33. The Kier molecular flexibility index (Phi) is 11.8. The van der Waals surface area contributed by atoms with Gasteiger partial charge in [0, 0.05) is 43.0 Å². The summed E-state index contributed by atoms with van der Waals surface area (Å²) in [7, 11) is 4.97. The van der Waals surface area contributed by atoms with Crippen molar-refractivity contribution in [3.8, 4) is 17.0 Å². The molecule has 0 atom stereocenters. The first-order chi connectivity index (χ1) is 23.6. The van der Waals surface area contributed by atoms with E-state index in [1.165, 1.54) is 19.2 Å². The van der Waals surface area contributed by atoms with Crippen molar-refractivity contribution in [2.75, 3.05) is 26.5 Å². The average molecular weight is 688 g/mol. The zero-order valence-electron chi connectivity index (χ0n) is 29.0. The molecule has 4 rings (SSSR count). The van der Waals surface area contributed by atoms with E-state index in [4.69, 9.17) is 9.47 Å². The van der Waals surface area contributed by atoms with Gasteiger partial charge in [0.15, 0.2) is 0 Å². The number of halogens is 3. The third-order valence-corrected chi connectivity index (χ3v) is 8.16. The molecule has 0 unspecified atom stereocenters. The first kappa shape index (κ1) is 37.4. The number of amides is 1. The van der Waals surface area contributed by atoms with Gasteiger partial charge in [0.25, 0.3) is 5.91 Å². The minimum atomic E-state index is -4.49. The van der Waals surface area contributed by atoms with Crippen LogP contribution in [0.4, 0.5) is 18.9 Å². The van der Waals surface area contributed by atoms with Gasteiger partial charge in [-0.25, -0.2) is 4.79 Å². The summed E-state index contributed by atoms with van der Waals surface area (Å²) in [5.74, 6) is -0.902. The van der Waals surface area contributed by atoms with Crippen LogP contribution in [0.1, 0.15) is 74.0 Å². The zero-order valence-corrected chi connectivity index (χ0v) is 29.0. The highest BCUT2D eigenvalue weighted by Gasteiger charge is 2.30. The molecule has 0 saturated carbocycles. The Balaban J connectivity index is 1.50. The molecule has 8 nitrogen and oxygen atoms in total. The van der Waals surface area contributed by atoms with Crippen LogP contribution in [-0.2, 0) is 28.5 Å². The first-order valence-electron chi connectivity index (χ1n) is 16.0. The Morgan fingerprint density at radius 2 is 1.64 bits per heavy atom. The van der Waals surface area contributed by atoms with E-state index in [9.17, 15) is 27.6 Å². The van der Waals surface area contributed by atoms with Gasteiger partial charge in [-0.1, -0.05) is 31.7 Å². The summed E-state index contributed by atoms with van der Waals surface area (Å²) in [4.78, 5) is 44.8. The van der Waals surface area contributed by atoms with Crippen molar-refractivity contribution in [3.05, 3.63) is 118 Å². The smallest absolute Gasteiger partial charge is 0.416 e. The number of aryl methyl sites for hydroxylation is 4. The number of anilines is 1. The molecule has 1 N–H and O–H groups in total. The largest absolute Gasteiger partial charge is 0.465 e. The van der Waals surface area contributed by atoms with Crippen LogP contribution in [0.15, 0.2) is 73.3 Å². The number of hydrogen-bond acceptors (Lipinski definition) is 7. The predicted octanol–water partition coefficient (Wildman–Crippen LogP) is 8.45. The second-order valence-corrected chi connectivity index (χ2v) is 12.1. The van der Waals surface area contributed by atoms with Crippen LogP contribution in [0.5, 0.6) is 5.75 Å². The maximum atomic E-state index is 13.7. The Labute approximate surface area is 289 Å². The fourth-order valence-electron chi connectivity index (χ4n) is 5.40. The molecule has 0 fully saturated rings. The van der Waals surface area contributed by atoms with Crippen molar-refractivity contribution < 1.29 is 37.0 Å². The molecule has 0 aliphatic heterocycles. The third kappa shape index (κ3) is 8.96. The number of pyridine rings is 1. The Morgan fingerprint density at radius 1 is 0.940 bits per heavy atom. The number of benzene rings is 3. The molecule has 262 valence electrons. The minimum Gasteiger partial charge on any atom is -0.465 e. The van der Waals surface area contributed by atoms with Crippen molar-refractivity contribution in [1.29, 1.82) is 0 Å². The molecule has 11 heteroatoms. The lowest BCUT2D eigenvalue weighted by atomic mass is 10.0. The molecule has 0 aliphatic rings. The van der Waals surface area contributed by atoms with E-state index in [0.29, 0.717) is 64.3 Å². The van der Waals surface area contributed by atoms with Crippen LogP contribution in [0.2, 0.25) is 0 Å². The summed E-state index contributed by atoms with van der Waals surface area (Å²) in [5, 5.41) is 2.94. The lowest BCUT2D eigenvalue weighted by Crippen LogP contribution is -2.17. The highest BCUT2D eigenvalue weighted by atomic mass is 19.4. The van der Waals surface area contributed by atoms with Crippen molar-refractivity contribution in [1.82, 2.24) is 9.88 Å². The number of esters is 2. The summed E-state index contributed by atoms with van der Waals surface area (Å²) in [5.41, 5.74) is 5.10. The first-order valence-corrected chi connectivity index (χ1v) is 16.0. The fourth-order valence-corrected chi connectivity index (χ4v) is 5.40. The van der Waals surface area contributed by atoms with Gasteiger partial charge in [-0.2, -0.15) is 13.2 Å². The molecule has 4 aromatic rings. The van der Waals surface area contributed by atoms with E-state index in [1.54, 1.807) is 44.2 Å². The third-order valence-electron chi connectivity index (χ3n) is 8.16. The Bertz CT molecular complexity index is 1920. The molecule has 1 amide bonds. The van der Waals surface area contributed by atoms with E-state index in [-0.39, 0.29) is 17.7 Å². The summed E-state index contributed by atoms with van der Waals surface area (Å²) in [6.45, 7) is 9.60. The molecular weight excluding hydrogens is 647 g/mol. The maximum Gasteiger partial charge on any atom is 0.416 e. The predicted molar refractivity (Wildman–Crippen MR) is 187 cm³/mol. The lowest BCUT2D eigenvalue weighted by molar-refractivity contribution is -0.137. The molecule has 1 heterocycles. The van der Waals surface area contributed by atoms with Gasteiger partial charge in [0.05, 0.1) is 35.2 Å². The number of rotatable bonds is 12. The SMILES string of the molecule is C=C(c1cc(CCCC(=O)Oc2c(C)cc(C(=O)OC)cc2CC)ccc1NC(=O)c1ccc(C)nc1-c1ccc(C(F)(F)F)cc1)N(C)C. The second-order valence-electron chi connectivity index (χ2n) is 12.1. The monoisotopic (exact) mass is 687 g/mol. The second kappa shape index (κ2) is 15.8. The summed E-state index contributed by atoms with van der Waals surface area (Å²) >= 11 is 0. The summed E-state index contributed by atoms with van der Waals surface area (Å²) in [6, 6.07) is 16.6. The van der Waals surface area contributed by atoms with Gasteiger partial charge >= 0.3 is 18.1 Å². The van der Waals surface area contributed by atoms with Crippen LogP contribution in [-0.4, -0.2) is 48.9 Å². The molecule has 0 spiro atoms. The van der Waals surface area contributed by atoms with E-state index in [0.717, 1.165) is 23.3 Å². The van der Waals surface area contributed by atoms with Crippen molar-refractivity contribution in [2.45, 2.75) is 52.6 Å². The minimum absolute atomic E-state index is 0.150. The lowest BCUT2D eigenvalue weighted by Gasteiger charge is -2.21. The summed E-state index contributed by atoms with van der Waals surface area (Å²) in [6.07, 6.45) is -2.75. The van der Waals surface area contributed by atoms with E-state index in [1.807, 2.05) is 38.1 Å². The molecule has 0 radical (unpaired) electrons. The van der Waals surface area contributed by atoms with Gasteiger partial charge in [0.2, 0.25) is 0 Å². The number of nitrogens with one attached hydrogen (secondary N) is 1. The number of methoxy groups -OCH3 is 1. The van der Waals surface area contributed by atoms with Crippen LogP contribution < -0.4 is 10.1 Å². The molecule has 50 heavy (non-hydrogen) atoms. The standard InChI is InChI=1S/C39H40F3N3O5/c1-8-27-22-29(38(48)49-7)20-23(2)36(27)50-34(46)11-9-10-26-13-19-33(32(21-26)25(4)45(5)6)44-37(47)31-18-12-24(3)43-35(31)28-14-16-30(17-15-28)39(40,41)42/h12-22H,4,8-11H2,1-3,5-7H3,(H,44,47). The molecule has 0 saturated heterocycles. The van der Waals surface area contributed by atoms with Crippen LogP contribution in [0, 0.1) is 13.8 Å². The molecular formula is C39H40F3N3O5. The van der Waals surface area contributed by atoms with E-state index < -0.39 is 29.6 Å². The van der Waals surface area contributed by atoms with E-state index in [2.05, 4.69) is 16.9 Å². The highest BCUT2D eigenvalue weighted by molar-refractivity contribution is 6.09. The van der Waals surface area contributed by atoms with Gasteiger partial charge in [-0.3, -0.25) is 14.6 Å². The van der Waals surface area contributed by atoms with Gasteiger partial charge in [-0.05, 0) is 98.3 Å². The molecule has 1 aromatic heterocycles. The average Bonchev–Trinajstić information content (AvgIpc) is 3.08. The molecule has 0 aliphatic carbocycles. The van der Waals surface area contributed by atoms with Gasteiger partial charge in [-0.15, -0.1) is 0 Å². The Hall–Kier alpha value is -5.45. The van der Waals surface area contributed by atoms with Crippen LogP contribution in [0.3, 0.4) is 0 Å². The zero-order chi connectivity index (χ0) is 36.7. The van der Waals surface area contributed by atoms with Crippen LogP contribution in [0.25, 0.3) is 17.0 Å². The number of carbonyl (C=O) groups excluding carboxylic acids is 3. The van der Waals surface area contributed by atoms with Crippen LogP contribution >= 0.6 is 0 Å². The normalized spacial score (nSPS) is 11.1. The maximum absolute atomic E-state index is 13.7. The number of nitrogens with zero attached hydrogens (tertiary/aromatic N) is 2. The van der Waals surface area contributed by atoms with E-state index >= 15 is 0 Å². The number of ether oxygens (including phenoxy) is 2. The quantitative estimate of drug-likeness (QED) is 0.118. The number of alkyl halides is 3. The fraction of sp³-hybridized carbons (Fsp3) is 0.282. The van der Waals surface area contributed by atoms with Crippen molar-refractivity contribution >= 4 is 29.2 Å². The number of aromatic nitrogens is 1. The van der Waals surface area contributed by atoms with Gasteiger partial charge < -0.3 is 19.7 Å². The topological polar surface area (TPSA) is 97.8 Å². The Morgan fingerprint density at radius 3 is 2.26 bits per heavy atom. The van der Waals surface area contributed by atoms with Crippen molar-refractivity contribution in [2.24, 2.45) is 0 Å². The molecule has 3 aromatic carbocycles. The number of carbonyl (C=O) groups is 3. The van der Waals surface area contributed by atoms with Crippen molar-refractivity contribution in [3.63, 3.8) is 0 Å². The number of hydrogen-bond donors (Lipinski definition) is 1. The van der Waals surface area contributed by atoms with Gasteiger partial charge in [0.1, 0.15) is 5.75 Å².